The number of allylic oxidation sites excluding steroid dienone is 2. The fraction of sp³-hybridized carbons (Fsp3) is 0.643. The van der Waals surface area contributed by atoms with Crippen LogP contribution in [0.4, 0.5) is 22.4 Å². The van der Waals surface area contributed by atoms with Gasteiger partial charge in [0.1, 0.15) is 11.4 Å². The Hall–Kier alpha value is -1.93. The lowest BCUT2D eigenvalue weighted by atomic mass is 10.0. The van der Waals surface area contributed by atoms with E-state index in [0.29, 0.717) is 5.57 Å². The summed E-state index contributed by atoms with van der Waals surface area (Å²) in [5, 5.41) is 2.46. The highest BCUT2D eigenvalue weighted by molar-refractivity contribution is 5.68. The second-order valence-corrected chi connectivity index (χ2v) is 6.18. The van der Waals surface area contributed by atoms with Gasteiger partial charge in [-0.2, -0.15) is 17.6 Å². The number of alkyl carbamates (subject to hydrolysis) is 1. The average molecular weight is 339 g/mol. The number of hydrogen-bond donors (Lipinski definition) is 1. The first-order chi connectivity index (χ1) is 10.4. The van der Waals surface area contributed by atoms with Gasteiger partial charge in [-0.3, -0.25) is 0 Å². The van der Waals surface area contributed by atoms with Crippen molar-refractivity contribution in [3.05, 3.63) is 23.2 Å². The molecule has 0 unspecified atom stereocenters. The average Bonchev–Trinajstić information content (AvgIpc) is 2.35. The molecular weight excluding hydrogens is 322 g/mol. The van der Waals surface area contributed by atoms with Crippen molar-refractivity contribution in [1.29, 1.82) is 0 Å². The number of carbonyl (C=O) groups is 1. The number of ether oxygens (including phenoxy) is 3. The molecule has 0 aromatic rings. The van der Waals surface area contributed by atoms with Crippen LogP contribution >= 0.6 is 0 Å². The van der Waals surface area contributed by atoms with Crippen molar-refractivity contribution >= 4 is 6.09 Å². The van der Waals surface area contributed by atoms with Crippen LogP contribution in [-0.4, -0.2) is 30.5 Å². The Kier molecular flexibility index (Phi) is 4.25. The number of halogens is 4. The normalized spacial score (nSPS) is 22.3. The Balaban J connectivity index is 2.01. The van der Waals surface area contributed by atoms with E-state index in [9.17, 15) is 22.4 Å². The third-order valence-corrected chi connectivity index (χ3v) is 2.97. The lowest BCUT2D eigenvalue weighted by molar-refractivity contribution is -0.427. The number of nitrogens with one attached hydrogen (secondary N) is 1. The largest absolute Gasteiger partial charge is 0.507 e. The molecule has 0 aromatic heterocycles. The molecule has 9 heteroatoms. The molecule has 23 heavy (non-hydrogen) atoms. The molecular formula is C14H17F4NO4. The minimum atomic E-state index is -4.75. The Labute approximate surface area is 130 Å². The van der Waals surface area contributed by atoms with Gasteiger partial charge < -0.3 is 19.5 Å². The van der Waals surface area contributed by atoms with E-state index in [-0.39, 0.29) is 25.1 Å². The summed E-state index contributed by atoms with van der Waals surface area (Å²) < 4.78 is 65.5. The molecule has 0 saturated heterocycles. The highest BCUT2D eigenvalue weighted by Gasteiger charge is 2.66. The Bertz CT molecular complexity index is 564. The highest BCUT2D eigenvalue weighted by atomic mass is 19.3. The van der Waals surface area contributed by atoms with Crippen LogP contribution in [0.1, 0.15) is 33.6 Å². The first-order valence-corrected chi connectivity index (χ1v) is 6.93. The van der Waals surface area contributed by atoms with Gasteiger partial charge in [0.2, 0.25) is 0 Å². The molecule has 0 bridgehead atoms. The van der Waals surface area contributed by atoms with Gasteiger partial charge in [-0.1, -0.05) is 0 Å². The predicted octanol–water partition coefficient (Wildman–Crippen LogP) is 3.68. The van der Waals surface area contributed by atoms with Crippen LogP contribution in [0.15, 0.2) is 23.2 Å². The fourth-order valence-corrected chi connectivity index (χ4v) is 1.97. The molecule has 0 fully saturated rings. The summed E-state index contributed by atoms with van der Waals surface area (Å²) in [6.45, 7) is 5.11. The third kappa shape index (κ3) is 4.08. The minimum Gasteiger partial charge on any atom is -0.444 e. The van der Waals surface area contributed by atoms with E-state index in [1.807, 2.05) is 0 Å². The van der Waals surface area contributed by atoms with Crippen LogP contribution in [0.3, 0.4) is 0 Å². The monoisotopic (exact) mass is 339 g/mol. The van der Waals surface area contributed by atoms with Crippen molar-refractivity contribution in [1.82, 2.24) is 5.32 Å². The van der Waals surface area contributed by atoms with Gasteiger partial charge in [0.15, 0.2) is 5.76 Å². The summed E-state index contributed by atoms with van der Waals surface area (Å²) in [7, 11) is 0. The molecule has 0 radical (unpaired) electrons. The molecule has 2 aliphatic rings. The minimum absolute atomic E-state index is 0.0248. The maximum Gasteiger partial charge on any atom is 0.507 e. The van der Waals surface area contributed by atoms with E-state index in [0.717, 1.165) is 0 Å². The van der Waals surface area contributed by atoms with Crippen LogP contribution in [0.2, 0.25) is 0 Å². The second-order valence-electron chi connectivity index (χ2n) is 6.18. The van der Waals surface area contributed by atoms with E-state index in [1.54, 1.807) is 20.8 Å². The van der Waals surface area contributed by atoms with E-state index in [2.05, 4.69) is 14.8 Å². The molecule has 0 spiro atoms. The number of amides is 1. The third-order valence-electron chi connectivity index (χ3n) is 2.97. The van der Waals surface area contributed by atoms with E-state index < -0.39 is 29.7 Å². The standard InChI is InChI=1S/C14H17F4NO4/c1-12(2,3)23-11(20)19-7-8-4-5-9-10(6-8)22-14(17,18)13(15,16)21-9/h6H,4-5,7H2,1-3H3,(H,19,20). The summed E-state index contributed by atoms with van der Waals surface area (Å²) in [5.74, 6) is -0.782. The van der Waals surface area contributed by atoms with Crippen molar-refractivity contribution < 1.29 is 36.6 Å². The van der Waals surface area contributed by atoms with Crippen molar-refractivity contribution in [3.63, 3.8) is 0 Å². The predicted molar refractivity (Wildman–Crippen MR) is 70.6 cm³/mol. The summed E-state index contributed by atoms with van der Waals surface area (Å²) in [6.07, 6.45) is -8.72. The quantitative estimate of drug-likeness (QED) is 0.780. The van der Waals surface area contributed by atoms with Crippen LogP contribution in [0.25, 0.3) is 0 Å². The van der Waals surface area contributed by atoms with Gasteiger partial charge in [0, 0.05) is 13.0 Å². The maximum absolute atomic E-state index is 13.1. The molecule has 1 N–H and O–H groups in total. The summed E-state index contributed by atoms with van der Waals surface area (Å²) >= 11 is 0. The van der Waals surface area contributed by atoms with E-state index >= 15 is 0 Å². The summed E-state index contributed by atoms with van der Waals surface area (Å²) in [6, 6.07) is 0. The lowest BCUT2D eigenvalue weighted by Gasteiger charge is -2.34. The number of rotatable bonds is 2. The van der Waals surface area contributed by atoms with Crippen LogP contribution in [0, 0.1) is 0 Å². The van der Waals surface area contributed by atoms with Gasteiger partial charge in [-0.25, -0.2) is 4.79 Å². The van der Waals surface area contributed by atoms with Gasteiger partial charge in [0.25, 0.3) is 0 Å². The number of hydrogen-bond acceptors (Lipinski definition) is 4. The van der Waals surface area contributed by atoms with Crippen LogP contribution < -0.4 is 5.32 Å². The SMILES string of the molecule is CC(C)(C)OC(=O)NCC1=CC2=C(CC1)OC(F)(F)C(F)(F)O2. The number of carbonyl (C=O) groups excluding carboxylic acids is 1. The molecule has 1 aliphatic carbocycles. The molecule has 0 atom stereocenters. The lowest BCUT2D eigenvalue weighted by Crippen LogP contribution is -2.48. The zero-order chi connectivity index (χ0) is 17.5. The van der Waals surface area contributed by atoms with Crippen molar-refractivity contribution in [3.8, 4) is 0 Å². The van der Waals surface area contributed by atoms with E-state index in [4.69, 9.17) is 4.74 Å². The maximum atomic E-state index is 13.1. The summed E-state index contributed by atoms with van der Waals surface area (Å²) in [5.41, 5.74) is -0.145. The number of alkyl halides is 4. The zero-order valence-electron chi connectivity index (χ0n) is 12.8. The second kappa shape index (κ2) is 5.61. The van der Waals surface area contributed by atoms with Crippen LogP contribution in [0.5, 0.6) is 0 Å². The smallest absolute Gasteiger partial charge is 0.444 e. The topological polar surface area (TPSA) is 56.8 Å². The molecule has 2 rings (SSSR count). The van der Waals surface area contributed by atoms with Gasteiger partial charge in [-0.15, -0.1) is 0 Å². The van der Waals surface area contributed by atoms with Gasteiger partial charge in [0.05, 0.1) is 0 Å². The fourth-order valence-electron chi connectivity index (χ4n) is 1.97. The molecule has 0 aromatic carbocycles. The molecule has 1 aliphatic heterocycles. The van der Waals surface area contributed by atoms with Crippen molar-refractivity contribution in [2.75, 3.05) is 6.54 Å². The first kappa shape index (κ1) is 17.4. The van der Waals surface area contributed by atoms with E-state index in [1.165, 1.54) is 6.08 Å². The van der Waals surface area contributed by atoms with Gasteiger partial charge in [-0.05, 0) is 38.8 Å². The first-order valence-electron chi connectivity index (χ1n) is 6.93. The molecule has 1 heterocycles. The summed E-state index contributed by atoms with van der Waals surface area (Å²) in [4.78, 5) is 11.5. The molecule has 130 valence electrons. The molecule has 0 saturated carbocycles. The molecule has 1 amide bonds. The molecule has 5 nitrogen and oxygen atoms in total. The Morgan fingerprint density at radius 1 is 1.22 bits per heavy atom. The Morgan fingerprint density at radius 2 is 1.83 bits per heavy atom. The van der Waals surface area contributed by atoms with Gasteiger partial charge >= 0.3 is 18.3 Å². The van der Waals surface area contributed by atoms with Crippen molar-refractivity contribution in [2.45, 2.75) is 51.4 Å². The Morgan fingerprint density at radius 3 is 2.43 bits per heavy atom. The van der Waals surface area contributed by atoms with Crippen molar-refractivity contribution in [2.24, 2.45) is 0 Å². The zero-order valence-corrected chi connectivity index (χ0v) is 12.8. The highest BCUT2D eigenvalue weighted by Crippen LogP contribution is 2.46. The van der Waals surface area contributed by atoms with Crippen LogP contribution in [-0.2, 0) is 14.2 Å².